The van der Waals surface area contributed by atoms with Crippen molar-refractivity contribution in [2.24, 2.45) is 0 Å². The lowest BCUT2D eigenvalue weighted by Crippen LogP contribution is -2.36. The maximum Gasteiger partial charge on any atom is 0.446 e. The topological polar surface area (TPSA) is 71.3 Å². The Morgan fingerprint density at radius 2 is 1.81 bits per heavy atom. The van der Waals surface area contributed by atoms with Crippen molar-refractivity contribution >= 4 is 29.4 Å². The van der Waals surface area contributed by atoms with Gasteiger partial charge in [-0.15, -0.1) is 0 Å². The van der Waals surface area contributed by atoms with Crippen LogP contribution in [-0.2, 0) is 11.3 Å². The highest BCUT2D eigenvalue weighted by Gasteiger charge is 2.65. The van der Waals surface area contributed by atoms with Gasteiger partial charge in [-0.05, 0) is 72.6 Å². The van der Waals surface area contributed by atoms with Crippen molar-refractivity contribution in [1.29, 1.82) is 0 Å². The molecule has 1 saturated carbocycles. The summed E-state index contributed by atoms with van der Waals surface area (Å²) in [5, 5.41) is 4.15. The summed E-state index contributed by atoms with van der Waals surface area (Å²) in [5.74, 6) is 0.241. The highest BCUT2D eigenvalue weighted by molar-refractivity contribution is 8.00. The molecule has 0 atom stereocenters. The second-order valence-corrected chi connectivity index (χ2v) is 8.69. The van der Waals surface area contributed by atoms with E-state index in [1.165, 1.54) is 29.2 Å². The third kappa shape index (κ3) is 3.62. The molecule has 0 N–H and O–H groups in total. The number of hydrogen-bond acceptors (Lipinski definition) is 5. The molecule has 32 heavy (non-hydrogen) atoms. The van der Waals surface area contributed by atoms with E-state index in [0.717, 1.165) is 10.5 Å². The standard InChI is InChI=1S/C21H16F3N5O2S/c22-21(23,24)32-16-4-2-15(3-5-16)29-18(30)20(7-8-20)27(19(29)31)13-14-6-10-25-17(12-14)28-11-1-9-26-28/h1-6,9-12H,7-8,13H2. The lowest BCUT2D eigenvalue weighted by atomic mass is 10.2. The first-order valence-corrected chi connectivity index (χ1v) is 10.6. The van der Waals surface area contributed by atoms with E-state index < -0.39 is 17.1 Å². The summed E-state index contributed by atoms with van der Waals surface area (Å²) in [4.78, 5) is 33.2. The van der Waals surface area contributed by atoms with Crippen LogP contribution in [0.15, 0.2) is 66.0 Å². The molecule has 2 aliphatic rings. The Balaban J connectivity index is 1.39. The van der Waals surface area contributed by atoms with Crippen LogP contribution in [0.1, 0.15) is 18.4 Å². The normalized spacial score (nSPS) is 17.5. The average Bonchev–Trinajstić information content (AvgIpc) is 3.31. The van der Waals surface area contributed by atoms with Crippen molar-refractivity contribution < 1.29 is 22.8 Å². The van der Waals surface area contributed by atoms with Gasteiger partial charge in [-0.1, -0.05) is 0 Å². The zero-order valence-corrected chi connectivity index (χ0v) is 17.3. The predicted octanol–water partition coefficient (Wildman–Crippen LogP) is 4.38. The molecule has 1 aromatic carbocycles. The van der Waals surface area contributed by atoms with Crippen LogP contribution < -0.4 is 4.90 Å². The molecule has 1 aliphatic carbocycles. The van der Waals surface area contributed by atoms with Crippen molar-refractivity contribution in [3.63, 3.8) is 0 Å². The van der Waals surface area contributed by atoms with Gasteiger partial charge < -0.3 is 4.90 Å². The molecule has 1 spiro atoms. The number of alkyl halides is 3. The Bertz CT molecular complexity index is 1180. The van der Waals surface area contributed by atoms with Crippen molar-refractivity contribution in [3.8, 4) is 5.82 Å². The highest BCUT2D eigenvalue weighted by atomic mass is 32.2. The molecule has 3 aromatic rings. The minimum absolute atomic E-state index is 0.0127. The van der Waals surface area contributed by atoms with Crippen LogP contribution in [0.25, 0.3) is 5.82 Å². The SMILES string of the molecule is O=C1N(c2ccc(SC(F)(F)F)cc2)C(=O)C2(CC2)N1Cc1ccnc(-n2cccn2)c1. The zero-order valence-electron chi connectivity index (χ0n) is 16.5. The largest absolute Gasteiger partial charge is 0.446 e. The van der Waals surface area contributed by atoms with E-state index >= 15 is 0 Å². The molecule has 1 saturated heterocycles. The molecule has 2 aromatic heterocycles. The number of imide groups is 1. The number of anilines is 1. The van der Waals surface area contributed by atoms with E-state index in [2.05, 4.69) is 10.1 Å². The molecule has 0 unspecified atom stereocenters. The average molecular weight is 459 g/mol. The molecule has 164 valence electrons. The van der Waals surface area contributed by atoms with Gasteiger partial charge in [0.1, 0.15) is 5.54 Å². The van der Waals surface area contributed by atoms with Gasteiger partial charge in [0.2, 0.25) is 0 Å². The smallest absolute Gasteiger partial charge is 0.305 e. The highest BCUT2D eigenvalue weighted by Crippen LogP contribution is 2.50. The molecule has 0 bridgehead atoms. The number of hydrogen-bond donors (Lipinski definition) is 0. The van der Waals surface area contributed by atoms with E-state index in [-0.39, 0.29) is 34.8 Å². The maximum absolute atomic E-state index is 13.2. The first-order valence-electron chi connectivity index (χ1n) is 9.74. The molecule has 3 amide bonds. The second-order valence-electron chi connectivity index (χ2n) is 7.56. The number of urea groups is 1. The molecule has 3 heterocycles. The van der Waals surface area contributed by atoms with E-state index in [1.807, 2.05) is 0 Å². The quantitative estimate of drug-likeness (QED) is 0.418. The Morgan fingerprint density at radius 3 is 2.44 bits per heavy atom. The third-order valence-corrected chi connectivity index (χ3v) is 6.22. The number of rotatable bonds is 5. The molecule has 0 radical (unpaired) electrons. The molecule has 2 fully saturated rings. The summed E-state index contributed by atoms with van der Waals surface area (Å²) in [7, 11) is 0. The third-order valence-electron chi connectivity index (χ3n) is 5.48. The number of amides is 3. The fraction of sp³-hybridized carbons (Fsp3) is 0.238. The maximum atomic E-state index is 13.2. The molecule has 11 heteroatoms. The van der Waals surface area contributed by atoms with Gasteiger partial charge in [0.25, 0.3) is 5.91 Å². The van der Waals surface area contributed by atoms with Gasteiger partial charge in [0.05, 0.1) is 5.69 Å². The summed E-state index contributed by atoms with van der Waals surface area (Å²) in [6, 6.07) is 10.1. The van der Waals surface area contributed by atoms with Gasteiger partial charge in [0.15, 0.2) is 5.82 Å². The number of aromatic nitrogens is 3. The summed E-state index contributed by atoms with van der Waals surface area (Å²) in [6.07, 6.45) is 6.09. The monoisotopic (exact) mass is 459 g/mol. The van der Waals surface area contributed by atoms with Crippen LogP contribution >= 0.6 is 11.8 Å². The van der Waals surface area contributed by atoms with Crippen LogP contribution in [-0.4, -0.2) is 42.6 Å². The van der Waals surface area contributed by atoms with Crippen molar-refractivity contribution in [2.45, 2.75) is 35.3 Å². The first-order chi connectivity index (χ1) is 15.3. The predicted molar refractivity (Wildman–Crippen MR) is 110 cm³/mol. The fourth-order valence-corrected chi connectivity index (χ4v) is 4.37. The van der Waals surface area contributed by atoms with Gasteiger partial charge in [-0.3, -0.25) is 4.79 Å². The Hall–Kier alpha value is -3.34. The summed E-state index contributed by atoms with van der Waals surface area (Å²) in [6.45, 7) is 0.208. The minimum atomic E-state index is -4.41. The van der Waals surface area contributed by atoms with Gasteiger partial charge in [-0.25, -0.2) is 19.4 Å². The fourth-order valence-electron chi connectivity index (χ4n) is 3.83. The van der Waals surface area contributed by atoms with Crippen LogP contribution in [0.4, 0.5) is 23.7 Å². The number of carbonyl (C=O) groups excluding carboxylic acids is 2. The molecular formula is C21H16F3N5O2S. The van der Waals surface area contributed by atoms with Crippen LogP contribution in [0.2, 0.25) is 0 Å². The van der Waals surface area contributed by atoms with Crippen molar-refractivity contribution in [1.82, 2.24) is 19.7 Å². The Morgan fingerprint density at radius 1 is 1.06 bits per heavy atom. The number of pyridine rings is 1. The number of benzene rings is 1. The summed E-state index contributed by atoms with van der Waals surface area (Å²) < 4.78 is 39.3. The first kappa shape index (κ1) is 20.6. The lowest BCUT2D eigenvalue weighted by molar-refractivity contribution is -0.120. The van der Waals surface area contributed by atoms with Crippen LogP contribution in [0.5, 0.6) is 0 Å². The number of carbonyl (C=O) groups is 2. The van der Waals surface area contributed by atoms with Crippen molar-refractivity contribution in [2.75, 3.05) is 4.90 Å². The van der Waals surface area contributed by atoms with E-state index in [1.54, 1.807) is 41.5 Å². The minimum Gasteiger partial charge on any atom is -0.305 e. The lowest BCUT2D eigenvalue weighted by Gasteiger charge is -2.21. The molecular weight excluding hydrogens is 443 g/mol. The van der Waals surface area contributed by atoms with Gasteiger partial charge >= 0.3 is 11.5 Å². The molecule has 7 nitrogen and oxygen atoms in total. The number of nitrogens with zero attached hydrogens (tertiary/aromatic N) is 5. The second kappa shape index (κ2) is 7.37. The Labute approximate surface area is 184 Å². The summed E-state index contributed by atoms with van der Waals surface area (Å²) in [5.41, 5.74) is -4.26. The molecule has 5 rings (SSSR count). The van der Waals surface area contributed by atoms with Crippen molar-refractivity contribution in [3.05, 3.63) is 66.6 Å². The zero-order chi connectivity index (χ0) is 22.5. The summed E-state index contributed by atoms with van der Waals surface area (Å²) >= 11 is -0.244. The Kier molecular flexibility index (Phi) is 4.73. The molecule has 1 aliphatic heterocycles. The van der Waals surface area contributed by atoms with E-state index in [0.29, 0.717) is 18.7 Å². The number of halogens is 3. The van der Waals surface area contributed by atoms with E-state index in [9.17, 15) is 22.8 Å². The van der Waals surface area contributed by atoms with Gasteiger partial charge in [0, 0.05) is 30.0 Å². The van der Waals surface area contributed by atoms with Crippen LogP contribution in [0.3, 0.4) is 0 Å². The van der Waals surface area contributed by atoms with Gasteiger partial charge in [-0.2, -0.15) is 18.3 Å². The number of thioether (sulfide) groups is 1. The van der Waals surface area contributed by atoms with E-state index in [4.69, 9.17) is 0 Å². The van der Waals surface area contributed by atoms with Crippen LogP contribution in [0, 0.1) is 0 Å².